The van der Waals surface area contributed by atoms with E-state index >= 15 is 0 Å². The lowest BCUT2D eigenvalue weighted by Gasteiger charge is -2.41. The van der Waals surface area contributed by atoms with Crippen LogP contribution in [0.15, 0.2) is 28.9 Å². The Labute approximate surface area is 228 Å². The van der Waals surface area contributed by atoms with Crippen molar-refractivity contribution in [2.75, 3.05) is 6.54 Å². The summed E-state index contributed by atoms with van der Waals surface area (Å²) in [7, 11) is 0. The van der Waals surface area contributed by atoms with Gasteiger partial charge in [0.05, 0.1) is 39.4 Å². The summed E-state index contributed by atoms with van der Waals surface area (Å²) in [5, 5.41) is 9.37. The number of hydrogen-bond donors (Lipinski definition) is 2. The first-order valence-electron chi connectivity index (χ1n) is 12.2. The van der Waals surface area contributed by atoms with Gasteiger partial charge in [0.25, 0.3) is 5.91 Å². The van der Waals surface area contributed by atoms with Crippen LogP contribution in [-0.4, -0.2) is 57.8 Å². The molecule has 0 atom stereocenters. The predicted octanol–water partition coefficient (Wildman–Crippen LogP) is 5.87. The molecule has 1 aromatic carbocycles. The van der Waals surface area contributed by atoms with E-state index < -0.39 is 59.2 Å². The van der Waals surface area contributed by atoms with Crippen LogP contribution in [0.2, 0.25) is 10.0 Å². The van der Waals surface area contributed by atoms with Crippen LogP contribution in [0.3, 0.4) is 0 Å². The second-order valence-electron chi connectivity index (χ2n) is 11.1. The molecule has 1 aromatic rings. The molecule has 0 radical (unpaired) electrons. The zero-order chi connectivity index (χ0) is 28.6. The minimum absolute atomic E-state index is 0.0000939. The molecule has 0 heterocycles. The number of ketones is 1. The van der Waals surface area contributed by atoms with Gasteiger partial charge in [0.2, 0.25) is 0 Å². The summed E-state index contributed by atoms with van der Waals surface area (Å²) < 4.78 is 56.0. The Balaban J connectivity index is 1.99. The largest absolute Gasteiger partial charge is 0.433 e. The summed E-state index contributed by atoms with van der Waals surface area (Å²) in [4.78, 5) is 31.7. The van der Waals surface area contributed by atoms with Gasteiger partial charge in [0.1, 0.15) is 5.82 Å². The van der Waals surface area contributed by atoms with Gasteiger partial charge in [-0.3, -0.25) is 14.6 Å². The van der Waals surface area contributed by atoms with Crippen LogP contribution in [0, 0.1) is 11.2 Å². The number of aliphatic imine (C=N–C) groups is 1. The fourth-order valence-electron chi connectivity index (χ4n) is 5.04. The number of halogens is 6. The maximum atomic E-state index is 14.1. The van der Waals surface area contributed by atoms with Crippen LogP contribution in [0.5, 0.6) is 0 Å². The fourth-order valence-corrected chi connectivity index (χ4v) is 5.71. The smallest absolute Gasteiger partial charge is 0.404 e. The molecule has 0 unspecified atom stereocenters. The normalized spacial score (nSPS) is 24.6. The van der Waals surface area contributed by atoms with E-state index in [2.05, 4.69) is 4.99 Å². The number of alkyl halides is 3. The molecule has 210 valence electrons. The monoisotopic (exact) mass is 579 g/mol. The van der Waals surface area contributed by atoms with Gasteiger partial charge in [-0.15, -0.1) is 0 Å². The highest BCUT2D eigenvalue weighted by Crippen LogP contribution is 2.39. The van der Waals surface area contributed by atoms with Gasteiger partial charge < -0.3 is 15.7 Å². The van der Waals surface area contributed by atoms with Crippen molar-refractivity contribution < 1.29 is 32.3 Å². The standard InChI is InChI=1S/C26H31Cl2F4N3O3/c1-24(2)6-4-16(5-7-24)35(13-20(36)21-18(27)8-14(29)9-19(21)28)23(37)17(12-33)22(26(30,31)32)34-15-10-25(3,38)11-15/h8-9,12,15-16,38H,4-7,10-11,13,33H2,1-3H3. The summed E-state index contributed by atoms with van der Waals surface area (Å²) in [6, 6.07) is 0.379. The molecule has 38 heavy (non-hydrogen) atoms. The first-order chi connectivity index (χ1) is 17.4. The molecule has 12 heteroatoms. The van der Waals surface area contributed by atoms with Crippen molar-refractivity contribution in [3.05, 3.63) is 45.3 Å². The van der Waals surface area contributed by atoms with Crippen LogP contribution < -0.4 is 5.73 Å². The van der Waals surface area contributed by atoms with E-state index in [1.165, 1.54) is 6.92 Å². The molecule has 2 fully saturated rings. The summed E-state index contributed by atoms with van der Waals surface area (Å²) in [6.07, 6.45) is -2.24. The fraction of sp³-hybridized carbons (Fsp3) is 0.577. The maximum Gasteiger partial charge on any atom is 0.433 e. The number of carbonyl (C=O) groups is 2. The minimum Gasteiger partial charge on any atom is -0.404 e. The summed E-state index contributed by atoms with van der Waals surface area (Å²) in [6.45, 7) is 4.94. The Morgan fingerprint density at radius 3 is 2.13 bits per heavy atom. The van der Waals surface area contributed by atoms with Crippen molar-refractivity contribution in [1.29, 1.82) is 0 Å². The van der Waals surface area contributed by atoms with Crippen molar-refractivity contribution in [2.24, 2.45) is 16.1 Å². The molecule has 3 N–H and O–H groups in total. The Morgan fingerprint density at radius 1 is 1.16 bits per heavy atom. The van der Waals surface area contributed by atoms with Crippen molar-refractivity contribution in [1.82, 2.24) is 4.90 Å². The van der Waals surface area contributed by atoms with Gasteiger partial charge in [0, 0.05) is 12.2 Å². The second-order valence-corrected chi connectivity index (χ2v) is 11.9. The number of amides is 1. The van der Waals surface area contributed by atoms with Crippen LogP contribution in [0.1, 0.15) is 69.7 Å². The molecule has 3 rings (SSSR count). The van der Waals surface area contributed by atoms with Crippen LogP contribution in [-0.2, 0) is 4.79 Å². The van der Waals surface area contributed by atoms with E-state index in [0.29, 0.717) is 31.9 Å². The Morgan fingerprint density at radius 2 is 1.68 bits per heavy atom. The highest BCUT2D eigenvalue weighted by molar-refractivity contribution is 6.40. The molecule has 0 aliphatic heterocycles. The van der Waals surface area contributed by atoms with Crippen molar-refractivity contribution in [3.63, 3.8) is 0 Å². The Hall–Kier alpha value is -2.17. The number of hydrogen-bond acceptors (Lipinski definition) is 5. The average molecular weight is 580 g/mol. The highest BCUT2D eigenvalue weighted by Gasteiger charge is 2.46. The molecule has 0 bridgehead atoms. The first kappa shape index (κ1) is 30.4. The zero-order valence-electron chi connectivity index (χ0n) is 21.3. The summed E-state index contributed by atoms with van der Waals surface area (Å²) in [5.74, 6) is -2.63. The quantitative estimate of drug-likeness (QED) is 0.183. The van der Waals surface area contributed by atoms with Gasteiger partial charge in [-0.05, 0) is 63.0 Å². The number of nitrogens with two attached hydrogens (primary N) is 1. The third kappa shape index (κ3) is 7.07. The number of Topliss-reactive ketones (excluding diaryl/α,β-unsaturated/α-hetero) is 1. The van der Waals surface area contributed by atoms with E-state index in [9.17, 15) is 32.3 Å². The summed E-state index contributed by atoms with van der Waals surface area (Å²) >= 11 is 12.1. The van der Waals surface area contributed by atoms with Gasteiger partial charge in [-0.2, -0.15) is 13.2 Å². The number of rotatable bonds is 7. The van der Waals surface area contributed by atoms with Crippen LogP contribution >= 0.6 is 23.2 Å². The molecule has 2 aliphatic rings. The number of benzene rings is 1. The maximum absolute atomic E-state index is 14.1. The molecule has 2 saturated carbocycles. The predicted molar refractivity (Wildman–Crippen MR) is 138 cm³/mol. The average Bonchev–Trinajstić information content (AvgIpc) is 2.74. The lowest BCUT2D eigenvalue weighted by molar-refractivity contribution is -0.130. The van der Waals surface area contributed by atoms with E-state index in [1.54, 1.807) is 0 Å². The summed E-state index contributed by atoms with van der Waals surface area (Å²) in [5.41, 5.74) is 1.81. The zero-order valence-corrected chi connectivity index (χ0v) is 22.9. The Kier molecular flexibility index (Phi) is 8.90. The van der Waals surface area contributed by atoms with Crippen molar-refractivity contribution >= 4 is 40.6 Å². The Bertz CT molecular complexity index is 1120. The lowest BCUT2D eigenvalue weighted by Crippen LogP contribution is -2.49. The van der Waals surface area contributed by atoms with Crippen LogP contribution in [0.25, 0.3) is 0 Å². The van der Waals surface area contributed by atoms with E-state index in [1.807, 2.05) is 13.8 Å². The number of carbonyl (C=O) groups excluding carboxylic acids is 2. The lowest BCUT2D eigenvalue weighted by atomic mass is 9.75. The SMILES string of the molecule is CC1(C)CCC(N(CC(=O)c2c(Cl)cc(F)cc2Cl)C(=O)C(=CN)C(=NC2CC(C)(O)C2)C(F)(F)F)CC1. The highest BCUT2D eigenvalue weighted by atomic mass is 35.5. The molecule has 6 nitrogen and oxygen atoms in total. The first-order valence-corrected chi connectivity index (χ1v) is 13.0. The van der Waals surface area contributed by atoms with Gasteiger partial charge in [-0.25, -0.2) is 4.39 Å². The van der Waals surface area contributed by atoms with Gasteiger partial charge in [0.15, 0.2) is 11.5 Å². The number of nitrogens with zero attached hydrogens (tertiary/aromatic N) is 2. The number of aliphatic hydroxyl groups is 1. The molecular weight excluding hydrogens is 549 g/mol. The third-order valence-electron chi connectivity index (χ3n) is 7.19. The topological polar surface area (TPSA) is 96.0 Å². The molecule has 0 spiro atoms. The molecule has 0 saturated heterocycles. The van der Waals surface area contributed by atoms with E-state index in [0.717, 1.165) is 17.0 Å². The third-order valence-corrected chi connectivity index (χ3v) is 7.79. The molecule has 2 aliphatic carbocycles. The molecule has 1 amide bonds. The van der Waals surface area contributed by atoms with Crippen molar-refractivity contribution in [3.8, 4) is 0 Å². The minimum atomic E-state index is -5.02. The second kappa shape index (κ2) is 11.1. The van der Waals surface area contributed by atoms with Gasteiger partial charge >= 0.3 is 6.18 Å². The molecular formula is C26H31Cl2F4N3O3. The van der Waals surface area contributed by atoms with E-state index in [-0.39, 0.29) is 33.9 Å². The molecule has 0 aromatic heterocycles. The van der Waals surface area contributed by atoms with Gasteiger partial charge in [-0.1, -0.05) is 37.0 Å². The van der Waals surface area contributed by atoms with Crippen molar-refractivity contribution in [2.45, 2.75) is 83.2 Å². The van der Waals surface area contributed by atoms with E-state index in [4.69, 9.17) is 28.9 Å². The van der Waals surface area contributed by atoms with Crippen LogP contribution in [0.4, 0.5) is 17.6 Å².